The van der Waals surface area contributed by atoms with E-state index in [0.717, 1.165) is 20.8 Å². The first-order valence-electron chi connectivity index (χ1n) is 5.57. The molecule has 0 saturated carbocycles. The molecule has 19 heavy (non-hydrogen) atoms. The minimum Gasteiger partial charge on any atom is -0.495 e. The molecule has 5 heteroatoms. The zero-order valence-corrected chi connectivity index (χ0v) is 11.6. The largest absolute Gasteiger partial charge is 0.495 e. The Bertz CT molecular complexity index is 756. The summed E-state index contributed by atoms with van der Waals surface area (Å²) in [5.74, 6) is 0.369. The van der Waals surface area contributed by atoms with E-state index >= 15 is 0 Å². The van der Waals surface area contributed by atoms with Crippen LogP contribution in [-0.4, -0.2) is 12.1 Å². The van der Waals surface area contributed by atoms with Crippen LogP contribution in [0.4, 0.5) is 4.39 Å². The number of aromatic nitrogens is 1. The van der Waals surface area contributed by atoms with Crippen LogP contribution >= 0.6 is 22.9 Å². The third-order valence-electron chi connectivity index (χ3n) is 2.75. The summed E-state index contributed by atoms with van der Waals surface area (Å²) < 4.78 is 19.1. The molecule has 3 aromatic rings. The van der Waals surface area contributed by atoms with E-state index in [-0.39, 0.29) is 5.82 Å². The van der Waals surface area contributed by atoms with Gasteiger partial charge >= 0.3 is 0 Å². The summed E-state index contributed by atoms with van der Waals surface area (Å²) in [6, 6.07) is 10.1. The van der Waals surface area contributed by atoms with E-state index in [1.54, 1.807) is 25.3 Å². The Morgan fingerprint density at radius 3 is 2.79 bits per heavy atom. The lowest BCUT2D eigenvalue weighted by atomic mass is 10.2. The molecule has 0 amide bonds. The van der Waals surface area contributed by atoms with Gasteiger partial charge in [0.25, 0.3) is 0 Å². The molecule has 0 aliphatic rings. The van der Waals surface area contributed by atoms with Crippen molar-refractivity contribution in [1.29, 1.82) is 0 Å². The fourth-order valence-corrected chi connectivity index (χ4v) is 3.07. The zero-order chi connectivity index (χ0) is 13.4. The van der Waals surface area contributed by atoms with Crippen molar-refractivity contribution in [3.05, 3.63) is 47.2 Å². The lowest BCUT2D eigenvalue weighted by molar-refractivity contribution is 0.415. The molecule has 0 atom stereocenters. The number of hydrogen-bond acceptors (Lipinski definition) is 3. The molecule has 0 aliphatic heterocycles. The van der Waals surface area contributed by atoms with Gasteiger partial charge in [-0.15, -0.1) is 11.3 Å². The number of methoxy groups -OCH3 is 1. The maximum absolute atomic E-state index is 13.2. The van der Waals surface area contributed by atoms with Crippen molar-refractivity contribution in [2.24, 2.45) is 0 Å². The maximum atomic E-state index is 13.2. The van der Waals surface area contributed by atoms with Crippen molar-refractivity contribution in [3.8, 4) is 16.3 Å². The van der Waals surface area contributed by atoms with E-state index in [0.29, 0.717) is 10.8 Å². The van der Waals surface area contributed by atoms with Crippen LogP contribution in [0.1, 0.15) is 0 Å². The minimum atomic E-state index is -0.254. The molecule has 2 aromatic carbocycles. The summed E-state index contributed by atoms with van der Waals surface area (Å²) in [5.41, 5.74) is 1.68. The molecular weight excluding hydrogens is 285 g/mol. The first kappa shape index (κ1) is 12.4. The van der Waals surface area contributed by atoms with Gasteiger partial charge in [-0.05, 0) is 36.4 Å². The van der Waals surface area contributed by atoms with Crippen LogP contribution in [0.2, 0.25) is 5.02 Å². The molecule has 0 aliphatic carbocycles. The molecule has 96 valence electrons. The highest BCUT2D eigenvalue weighted by atomic mass is 35.5. The van der Waals surface area contributed by atoms with E-state index in [9.17, 15) is 4.39 Å². The lowest BCUT2D eigenvalue weighted by Gasteiger charge is -2.03. The number of hydrogen-bond donors (Lipinski definition) is 0. The van der Waals surface area contributed by atoms with Gasteiger partial charge < -0.3 is 4.74 Å². The van der Waals surface area contributed by atoms with E-state index in [4.69, 9.17) is 16.3 Å². The van der Waals surface area contributed by atoms with Gasteiger partial charge in [-0.3, -0.25) is 0 Å². The molecule has 0 fully saturated rings. The third-order valence-corrected chi connectivity index (χ3v) is 4.11. The first-order chi connectivity index (χ1) is 9.17. The molecule has 2 nitrogen and oxygen atoms in total. The van der Waals surface area contributed by atoms with Crippen LogP contribution in [0.15, 0.2) is 36.4 Å². The minimum absolute atomic E-state index is 0.254. The topological polar surface area (TPSA) is 22.1 Å². The number of nitrogens with zero attached hydrogens (tertiary/aromatic N) is 1. The van der Waals surface area contributed by atoms with Gasteiger partial charge in [-0.2, -0.15) is 0 Å². The fourth-order valence-electron chi connectivity index (χ4n) is 1.82. The first-order valence-corrected chi connectivity index (χ1v) is 6.77. The molecule has 0 saturated heterocycles. The van der Waals surface area contributed by atoms with E-state index in [1.165, 1.54) is 23.5 Å². The number of benzene rings is 2. The van der Waals surface area contributed by atoms with Gasteiger partial charge in [0.15, 0.2) is 0 Å². The smallest absolute Gasteiger partial charge is 0.137 e. The molecule has 0 unspecified atom stereocenters. The highest BCUT2D eigenvalue weighted by Crippen LogP contribution is 2.34. The summed E-state index contributed by atoms with van der Waals surface area (Å²) in [7, 11) is 1.57. The third kappa shape index (κ3) is 2.29. The van der Waals surface area contributed by atoms with Crippen molar-refractivity contribution in [2.75, 3.05) is 7.11 Å². The number of fused-ring (bicyclic) bond motifs is 1. The van der Waals surface area contributed by atoms with Gasteiger partial charge in [0, 0.05) is 5.56 Å². The summed E-state index contributed by atoms with van der Waals surface area (Å²) >= 11 is 7.53. The summed E-state index contributed by atoms with van der Waals surface area (Å²) in [6.07, 6.45) is 0. The SMILES string of the molecule is COc1ccc(-c2nc3ccc(F)cc3s2)cc1Cl. The maximum Gasteiger partial charge on any atom is 0.137 e. The standard InChI is InChI=1S/C14H9ClFNOS/c1-18-12-5-2-8(6-10(12)15)14-17-11-4-3-9(16)7-13(11)19-14/h2-7H,1H3. The Morgan fingerprint density at radius 2 is 2.05 bits per heavy atom. The van der Waals surface area contributed by atoms with Crippen LogP contribution < -0.4 is 4.74 Å². The monoisotopic (exact) mass is 293 g/mol. The van der Waals surface area contributed by atoms with Crippen molar-refractivity contribution >= 4 is 33.2 Å². The molecular formula is C14H9ClFNOS. The molecule has 3 rings (SSSR count). The second-order valence-corrected chi connectivity index (χ2v) is 5.42. The quantitative estimate of drug-likeness (QED) is 0.679. The number of ether oxygens (including phenoxy) is 1. The van der Waals surface area contributed by atoms with Crippen LogP contribution in [0, 0.1) is 5.82 Å². The lowest BCUT2D eigenvalue weighted by Crippen LogP contribution is -1.84. The number of rotatable bonds is 2. The second kappa shape index (κ2) is 4.79. The average molecular weight is 294 g/mol. The highest BCUT2D eigenvalue weighted by Gasteiger charge is 2.09. The predicted molar refractivity (Wildman–Crippen MR) is 76.6 cm³/mol. The Kier molecular flexibility index (Phi) is 3.12. The molecule has 0 radical (unpaired) electrons. The second-order valence-electron chi connectivity index (χ2n) is 3.98. The van der Waals surface area contributed by atoms with Gasteiger partial charge in [0.2, 0.25) is 0 Å². The van der Waals surface area contributed by atoms with Crippen molar-refractivity contribution in [1.82, 2.24) is 4.98 Å². The molecule has 1 heterocycles. The molecule has 0 bridgehead atoms. The molecule has 0 N–H and O–H groups in total. The summed E-state index contributed by atoms with van der Waals surface area (Å²) in [4.78, 5) is 4.47. The van der Waals surface area contributed by atoms with Gasteiger partial charge in [-0.1, -0.05) is 11.6 Å². The van der Waals surface area contributed by atoms with Crippen LogP contribution in [0.5, 0.6) is 5.75 Å². The van der Waals surface area contributed by atoms with Gasteiger partial charge in [0.05, 0.1) is 22.3 Å². The zero-order valence-electron chi connectivity index (χ0n) is 9.98. The van der Waals surface area contributed by atoms with Crippen molar-refractivity contribution < 1.29 is 9.13 Å². The van der Waals surface area contributed by atoms with E-state index in [1.807, 2.05) is 6.07 Å². The number of halogens is 2. The molecule has 1 aromatic heterocycles. The average Bonchev–Trinajstić information content (AvgIpc) is 2.81. The van der Waals surface area contributed by atoms with Crippen LogP contribution in [-0.2, 0) is 0 Å². The Balaban J connectivity index is 2.11. The van der Waals surface area contributed by atoms with Gasteiger partial charge in [-0.25, -0.2) is 9.37 Å². The van der Waals surface area contributed by atoms with Crippen molar-refractivity contribution in [3.63, 3.8) is 0 Å². The fraction of sp³-hybridized carbons (Fsp3) is 0.0714. The van der Waals surface area contributed by atoms with Crippen molar-refractivity contribution in [2.45, 2.75) is 0 Å². The van der Waals surface area contributed by atoms with E-state index in [2.05, 4.69) is 4.98 Å². The number of thiazole rings is 1. The molecule has 0 spiro atoms. The van der Waals surface area contributed by atoms with Crippen LogP contribution in [0.25, 0.3) is 20.8 Å². The Labute approximate surface area is 118 Å². The predicted octanol–water partition coefficient (Wildman–Crippen LogP) is 4.76. The Morgan fingerprint density at radius 1 is 1.21 bits per heavy atom. The van der Waals surface area contributed by atoms with E-state index < -0.39 is 0 Å². The highest BCUT2D eigenvalue weighted by molar-refractivity contribution is 7.21. The van der Waals surface area contributed by atoms with Crippen LogP contribution in [0.3, 0.4) is 0 Å². The van der Waals surface area contributed by atoms with Gasteiger partial charge in [0.1, 0.15) is 16.6 Å². The normalized spacial score (nSPS) is 10.9. The summed E-state index contributed by atoms with van der Waals surface area (Å²) in [6.45, 7) is 0. The Hall–Kier alpha value is -1.65. The summed E-state index contributed by atoms with van der Waals surface area (Å²) in [5, 5.41) is 1.34.